The minimum Gasteiger partial charge on any atom is -0.448 e. The van der Waals surface area contributed by atoms with Gasteiger partial charge in [0.1, 0.15) is 11.1 Å². The second kappa shape index (κ2) is 5.05. The van der Waals surface area contributed by atoms with Crippen LogP contribution in [-0.4, -0.2) is 0 Å². The normalized spacial score (nSPS) is 12.8. The van der Waals surface area contributed by atoms with Crippen LogP contribution in [0.2, 0.25) is 5.22 Å². The average Bonchev–Trinajstić information content (AvgIpc) is 2.69. The lowest BCUT2D eigenvalue weighted by Gasteiger charge is -2.12. The van der Waals surface area contributed by atoms with Crippen LogP contribution in [0, 0.1) is 13.8 Å². The van der Waals surface area contributed by atoms with Crippen LogP contribution >= 0.6 is 39.1 Å². The van der Waals surface area contributed by atoms with E-state index in [2.05, 4.69) is 28.1 Å². The fraction of sp³-hybridized carbons (Fsp3) is 0.231. The molecule has 1 unspecified atom stereocenters. The van der Waals surface area contributed by atoms with E-state index < -0.39 is 0 Å². The van der Waals surface area contributed by atoms with E-state index in [0.29, 0.717) is 11.0 Å². The maximum atomic E-state index is 6.41. The van der Waals surface area contributed by atoms with Crippen LogP contribution in [-0.2, 0) is 0 Å². The van der Waals surface area contributed by atoms with Crippen molar-refractivity contribution in [1.82, 2.24) is 0 Å². The van der Waals surface area contributed by atoms with Crippen molar-refractivity contribution >= 4 is 39.1 Å². The molecule has 0 N–H and O–H groups in total. The molecule has 0 saturated carbocycles. The molecular formula is C13H11BrCl2O. The molecule has 0 aliphatic rings. The summed E-state index contributed by atoms with van der Waals surface area (Å²) < 4.78 is 6.43. The van der Waals surface area contributed by atoms with E-state index in [4.69, 9.17) is 27.6 Å². The molecule has 1 heterocycles. The summed E-state index contributed by atoms with van der Waals surface area (Å²) in [5, 5.41) is 0.0476. The maximum absolute atomic E-state index is 6.41. The van der Waals surface area contributed by atoms with E-state index in [1.54, 1.807) is 12.1 Å². The van der Waals surface area contributed by atoms with E-state index in [1.165, 1.54) is 0 Å². The molecule has 0 spiro atoms. The number of benzene rings is 1. The van der Waals surface area contributed by atoms with Gasteiger partial charge in [-0.25, -0.2) is 0 Å². The number of halogens is 3. The van der Waals surface area contributed by atoms with E-state index >= 15 is 0 Å². The smallest absolute Gasteiger partial charge is 0.193 e. The molecule has 0 fully saturated rings. The predicted octanol–water partition coefficient (Wildman–Crippen LogP) is 5.64. The van der Waals surface area contributed by atoms with E-state index in [9.17, 15) is 0 Å². The SMILES string of the molecule is Cc1cc(C(Cl)c2ccc(Cl)o2)c(C)cc1Br. The first-order valence-corrected chi connectivity index (χ1v) is 6.75. The molecule has 0 radical (unpaired) electrons. The van der Waals surface area contributed by atoms with Gasteiger partial charge in [0.15, 0.2) is 5.22 Å². The molecule has 0 bridgehead atoms. The van der Waals surface area contributed by atoms with Crippen LogP contribution in [0.5, 0.6) is 0 Å². The van der Waals surface area contributed by atoms with Crippen LogP contribution < -0.4 is 0 Å². The van der Waals surface area contributed by atoms with Crippen molar-refractivity contribution in [3.63, 3.8) is 0 Å². The number of hydrogen-bond donors (Lipinski definition) is 0. The number of hydrogen-bond acceptors (Lipinski definition) is 1. The van der Waals surface area contributed by atoms with Gasteiger partial charge in [0.25, 0.3) is 0 Å². The highest BCUT2D eigenvalue weighted by Crippen LogP contribution is 2.35. The van der Waals surface area contributed by atoms with Gasteiger partial charge in [0.05, 0.1) is 0 Å². The fourth-order valence-corrected chi connectivity index (χ4v) is 2.66. The molecule has 1 aromatic heterocycles. The van der Waals surface area contributed by atoms with E-state index in [-0.39, 0.29) is 5.38 Å². The van der Waals surface area contributed by atoms with Gasteiger partial charge in [-0.3, -0.25) is 0 Å². The third kappa shape index (κ3) is 2.70. The van der Waals surface area contributed by atoms with Gasteiger partial charge in [-0.05, 0) is 60.3 Å². The predicted molar refractivity (Wildman–Crippen MR) is 75.0 cm³/mol. The molecule has 2 aromatic rings. The summed E-state index contributed by atoms with van der Waals surface area (Å²) in [5.41, 5.74) is 3.31. The summed E-state index contributed by atoms with van der Waals surface area (Å²) in [6, 6.07) is 7.63. The van der Waals surface area contributed by atoms with Crippen LogP contribution in [0.3, 0.4) is 0 Å². The quantitative estimate of drug-likeness (QED) is 0.648. The Balaban J connectivity index is 2.43. The third-order valence-corrected chi connectivity index (χ3v) is 4.17. The Morgan fingerprint density at radius 3 is 2.47 bits per heavy atom. The number of aryl methyl sites for hydroxylation is 2. The van der Waals surface area contributed by atoms with Gasteiger partial charge in [0, 0.05) is 4.47 Å². The fourth-order valence-electron chi connectivity index (χ4n) is 1.69. The van der Waals surface area contributed by atoms with Crippen molar-refractivity contribution in [2.75, 3.05) is 0 Å². The monoisotopic (exact) mass is 332 g/mol. The van der Waals surface area contributed by atoms with E-state index in [1.807, 2.05) is 13.8 Å². The molecule has 1 aromatic carbocycles. The van der Waals surface area contributed by atoms with Gasteiger partial charge in [-0.1, -0.05) is 22.0 Å². The van der Waals surface area contributed by atoms with Crippen molar-refractivity contribution in [2.45, 2.75) is 19.2 Å². The van der Waals surface area contributed by atoms with Gasteiger partial charge in [0.2, 0.25) is 0 Å². The minimum absolute atomic E-state index is 0.311. The van der Waals surface area contributed by atoms with Gasteiger partial charge in [-0.2, -0.15) is 0 Å². The topological polar surface area (TPSA) is 13.1 Å². The second-order valence-electron chi connectivity index (χ2n) is 3.96. The van der Waals surface area contributed by atoms with E-state index in [0.717, 1.165) is 21.2 Å². The first-order valence-electron chi connectivity index (χ1n) is 5.15. The number of rotatable bonds is 2. The largest absolute Gasteiger partial charge is 0.448 e. The molecule has 2 rings (SSSR count). The molecule has 1 atom stereocenters. The highest BCUT2D eigenvalue weighted by atomic mass is 79.9. The standard InChI is InChI=1S/C13H11BrCl2O/c1-7-6-10(14)8(2)5-9(7)13(16)11-3-4-12(15)17-11/h3-6,13H,1-2H3. The average molecular weight is 334 g/mol. The lowest BCUT2D eigenvalue weighted by Crippen LogP contribution is -1.96. The Hall–Kier alpha value is -0.440. The van der Waals surface area contributed by atoms with Gasteiger partial charge < -0.3 is 4.42 Å². The first-order chi connectivity index (χ1) is 7.99. The molecular weight excluding hydrogens is 323 g/mol. The number of alkyl halides is 1. The van der Waals surface area contributed by atoms with Gasteiger partial charge in [-0.15, -0.1) is 11.6 Å². The van der Waals surface area contributed by atoms with Gasteiger partial charge >= 0.3 is 0 Å². The second-order valence-corrected chi connectivity index (χ2v) is 5.63. The zero-order valence-electron chi connectivity index (χ0n) is 9.43. The summed E-state index contributed by atoms with van der Waals surface area (Å²) >= 11 is 15.7. The van der Waals surface area contributed by atoms with Crippen molar-refractivity contribution in [1.29, 1.82) is 0 Å². The molecule has 90 valence electrons. The van der Waals surface area contributed by atoms with Crippen molar-refractivity contribution in [3.8, 4) is 0 Å². The molecule has 0 aliphatic carbocycles. The lowest BCUT2D eigenvalue weighted by molar-refractivity contribution is 0.518. The Labute approximate surface area is 119 Å². The van der Waals surface area contributed by atoms with Crippen LogP contribution in [0.15, 0.2) is 33.2 Å². The Kier molecular flexibility index (Phi) is 3.86. The van der Waals surface area contributed by atoms with Crippen LogP contribution in [0.4, 0.5) is 0 Å². The summed E-state index contributed by atoms with van der Waals surface area (Å²) in [6.07, 6.45) is 0. The van der Waals surface area contributed by atoms with Crippen LogP contribution in [0.1, 0.15) is 27.8 Å². The lowest BCUT2D eigenvalue weighted by atomic mass is 10.0. The van der Waals surface area contributed by atoms with Crippen molar-refractivity contribution in [2.24, 2.45) is 0 Å². The van der Waals surface area contributed by atoms with Crippen molar-refractivity contribution in [3.05, 3.63) is 56.4 Å². The maximum Gasteiger partial charge on any atom is 0.193 e. The highest BCUT2D eigenvalue weighted by molar-refractivity contribution is 9.10. The molecule has 17 heavy (non-hydrogen) atoms. The molecule has 4 heteroatoms. The Morgan fingerprint density at radius 2 is 1.88 bits per heavy atom. The molecule has 0 amide bonds. The minimum atomic E-state index is -0.311. The Morgan fingerprint density at radius 1 is 1.18 bits per heavy atom. The zero-order chi connectivity index (χ0) is 12.6. The highest BCUT2D eigenvalue weighted by Gasteiger charge is 2.17. The summed E-state index contributed by atoms with van der Waals surface area (Å²) in [7, 11) is 0. The zero-order valence-corrected chi connectivity index (χ0v) is 12.5. The van der Waals surface area contributed by atoms with Crippen LogP contribution in [0.25, 0.3) is 0 Å². The molecule has 0 aliphatic heterocycles. The summed E-state index contributed by atoms with van der Waals surface area (Å²) in [6.45, 7) is 4.06. The summed E-state index contributed by atoms with van der Waals surface area (Å²) in [5.74, 6) is 0.668. The molecule has 1 nitrogen and oxygen atoms in total. The van der Waals surface area contributed by atoms with Crippen molar-refractivity contribution < 1.29 is 4.42 Å². The molecule has 0 saturated heterocycles. The first kappa shape index (κ1) is 13.0. The summed E-state index contributed by atoms with van der Waals surface area (Å²) in [4.78, 5) is 0. The number of furan rings is 1. The third-order valence-electron chi connectivity index (χ3n) is 2.66. The Bertz CT molecular complexity index is 548.